The first-order valence-electron chi connectivity index (χ1n) is 6.07. The third-order valence-corrected chi connectivity index (χ3v) is 4.12. The van der Waals surface area contributed by atoms with Gasteiger partial charge in [0.2, 0.25) is 0 Å². The van der Waals surface area contributed by atoms with Gasteiger partial charge in [-0.05, 0) is 20.3 Å². The smallest absolute Gasteiger partial charge is 0.0897 e. The molecule has 1 aliphatic heterocycles. The van der Waals surface area contributed by atoms with Gasteiger partial charge in [-0.3, -0.25) is 4.90 Å². The maximum Gasteiger partial charge on any atom is 0.0897 e. The monoisotopic (exact) mass is 239 g/mol. The van der Waals surface area contributed by atoms with Crippen LogP contribution in [0.3, 0.4) is 0 Å². The van der Waals surface area contributed by atoms with Crippen molar-refractivity contribution in [1.29, 1.82) is 0 Å². The van der Waals surface area contributed by atoms with Crippen molar-refractivity contribution in [3.8, 4) is 0 Å². The summed E-state index contributed by atoms with van der Waals surface area (Å²) in [6.45, 7) is 9.94. The average molecular weight is 239 g/mol. The molecular formula is C12H21N3S. The third kappa shape index (κ3) is 2.81. The van der Waals surface area contributed by atoms with Gasteiger partial charge in [0.15, 0.2) is 0 Å². The van der Waals surface area contributed by atoms with Gasteiger partial charge in [-0.1, -0.05) is 6.92 Å². The number of hydrogen-bond acceptors (Lipinski definition) is 4. The van der Waals surface area contributed by atoms with Crippen molar-refractivity contribution >= 4 is 11.3 Å². The Morgan fingerprint density at radius 3 is 3.06 bits per heavy atom. The molecule has 1 aliphatic rings. The number of nitrogens with one attached hydrogen (secondary N) is 1. The molecule has 16 heavy (non-hydrogen) atoms. The summed E-state index contributed by atoms with van der Waals surface area (Å²) >= 11 is 1.82. The van der Waals surface area contributed by atoms with Crippen LogP contribution in [0.25, 0.3) is 0 Å². The lowest BCUT2D eigenvalue weighted by atomic mass is 10.1. The van der Waals surface area contributed by atoms with E-state index in [1.165, 1.54) is 16.3 Å². The van der Waals surface area contributed by atoms with Crippen LogP contribution in [-0.2, 0) is 6.54 Å². The van der Waals surface area contributed by atoms with E-state index in [1.54, 1.807) is 0 Å². The first-order chi connectivity index (χ1) is 7.69. The van der Waals surface area contributed by atoms with E-state index in [0.717, 1.165) is 19.6 Å². The van der Waals surface area contributed by atoms with Crippen molar-refractivity contribution in [2.24, 2.45) is 0 Å². The van der Waals surface area contributed by atoms with E-state index in [9.17, 15) is 0 Å². The van der Waals surface area contributed by atoms with Crippen molar-refractivity contribution in [2.45, 2.75) is 45.8 Å². The fourth-order valence-corrected chi connectivity index (χ4v) is 3.13. The molecule has 2 rings (SSSR count). The molecule has 90 valence electrons. The number of nitrogens with zero attached hydrogens (tertiary/aromatic N) is 2. The molecule has 2 heterocycles. The van der Waals surface area contributed by atoms with Crippen LogP contribution < -0.4 is 5.32 Å². The van der Waals surface area contributed by atoms with E-state index >= 15 is 0 Å². The van der Waals surface area contributed by atoms with Crippen molar-refractivity contribution in [3.05, 3.63) is 16.1 Å². The van der Waals surface area contributed by atoms with Crippen LogP contribution in [-0.4, -0.2) is 35.1 Å². The highest BCUT2D eigenvalue weighted by Crippen LogP contribution is 2.18. The first kappa shape index (κ1) is 12.0. The molecule has 1 N–H and O–H groups in total. The lowest BCUT2D eigenvalue weighted by Gasteiger charge is -2.38. The van der Waals surface area contributed by atoms with Gasteiger partial charge >= 0.3 is 0 Å². The zero-order valence-corrected chi connectivity index (χ0v) is 11.2. The number of piperazine rings is 1. The van der Waals surface area contributed by atoms with Gasteiger partial charge in [-0.15, -0.1) is 11.3 Å². The predicted molar refractivity (Wildman–Crippen MR) is 68.8 cm³/mol. The normalized spacial score (nSPS) is 27.2. The zero-order valence-electron chi connectivity index (χ0n) is 10.4. The Morgan fingerprint density at radius 1 is 1.62 bits per heavy atom. The molecule has 1 aromatic heterocycles. The minimum Gasteiger partial charge on any atom is -0.311 e. The van der Waals surface area contributed by atoms with Crippen molar-refractivity contribution in [2.75, 3.05) is 13.1 Å². The van der Waals surface area contributed by atoms with E-state index in [-0.39, 0.29) is 0 Å². The van der Waals surface area contributed by atoms with E-state index in [4.69, 9.17) is 0 Å². The Balaban J connectivity index is 2.00. The van der Waals surface area contributed by atoms with E-state index in [0.29, 0.717) is 12.1 Å². The van der Waals surface area contributed by atoms with Crippen molar-refractivity contribution < 1.29 is 0 Å². The average Bonchev–Trinajstić information content (AvgIpc) is 2.64. The molecule has 1 aromatic rings. The Morgan fingerprint density at radius 2 is 2.44 bits per heavy atom. The number of aromatic nitrogens is 1. The molecule has 0 radical (unpaired) electrons. The standard InChI is InChI=1S/C12H21N3S/c1-4-11-5-13-9(2)7-15(11)8-12-6-14-10(3)16-12/h6,9,11,13H,4-5,7-8H2,1-3H3. The topological polar surface area (TPSA) is 28.2 Å². The van der Waals surface area contributed by atoms with Gasteiger partial charge in [0.1, 0.15) is 0 Å². The van der Waals surface area contributed by atoms with Gasteiger partial charge in [-0.25, -0.2) is 4.98 Å². The van der Waals surface area contributed by atoms with Gasteiger partial charge in [0.05, 0.1) is 5.01 Å². The summed E-state index contributed by atoms with van der Waals surface area (Å²) in [6.07, 6.45) is 3.25. The van der Waals surface area contributed by atoms with Gasteiger partial charge in [-0.2, -0.15) is 0 Å². The number of aryl methyl sites for hydroxylation is 1. The zero-order chi connectivity index (χ0) is 11.5. The number of hydrogen-bond donors (Lipinski definition) is 1. The number of thiazole rings is 1. The van der Waals surface area contributed by atoms with E-state index < -0.39 is 0 Å². The second-order valence-electron chi connectivity index (χ2n) is 4.65. The van der Waals surface area contributed by atoms with Gasteiger partial charge in [0, 0.05) is 42.8 Å². The fraction of sp³-hybridized carbons (Fsp3) is 0.750. The van der Waals surface area contributed by atoms with Crippen LogP contribution in [0.1, 0.15) is 30.2 Å². The second-order valence-corrected chi connectivity index (χ2v) is 5.97. The first-order valence-corrected chi connectivity index (χ1v) is 6.89. The Bertz CT molecular complexity index is 337. The summed E-state index contributed by atoms with van der Waals surface area (Å²) in [5, 5.41) is 4.72. The molecule has 2 atom stereocenters. The summed E-state index contributed by atoms with van der Waals surface area (Å²) in [6, 6.07) is 1.29. The summed E-state index contributed by atoms with van der Waals surface area (Å²) in [4.78, 5) is 8.31. The Labute approximate surface area is 102 Å². The summed E-state index contributed by atoms with van der Waals surface area (Å²) < 4.78 is 0. The van der Waals surface area contributed by atoms with Gasteiger partial charge < -0.3 is 5.32 Å². The van der Waals surface area contributed by atoms with Crippen LogP contribution in [0.15, 0.2) is 6.20 Å². The van der Waals surface area contributed by atoms with Crippen LogP contribution in [0.4, 0.5) is 0 Å². The Hall–Kier alpha value is -0.450. The fourth-order valence-electron chi connectivity index (χ4n) is 2.31. The number of rotatable bonds is 3. The molecule has 0 aromatic carbocycles. The minimum absolute atomic E-state index is 0.608. The SMILES string of the molecule is CCC1CNC(C)CN1Cc1cnc(C)s1. The van der Waals surface area contributed by atoms with E-state index in [1.807, 2.05) is 17.5 Å². The third-order valence-electron chi connectivity index (χ3n) is 3.23. The Kier molecular flexibility index (Phi) is 3.95. The highest BCUT2D eigenvalue weighted by atomic mass is 32.1. The van der Waals surface area contributed by atoms with Crippen LogP contribution in [0.2, 0.25) is 0 Å². The second kappa shape index (κ2) is 5.25. The molecule has 0 aliphatic carbocycles. The molecule has 1 fully saturated rings. The molecule has 1 saturated heterocycles. The van der Waals surface area contributed by atoms with Crippen molar-refractivity contribution in [1.82, 2.24) is 15.2 Å². The molecule has 0 bridgehead atoms. The highest BCUT2D eigenvalue weighted by molar-refractivity contribution is 7.11. The molecule has 0 saturated carbocycles. The molecule has 0 amide bonds. The molecule has 2 unspecified atom stereocenters. The van der Waals surface area contributed by atoms with E-state index in [2.05, 4.69) is 36.0 Å². The van der Waals surface area contributed by atoms with Crippen LogP contribution in [0.5, 0.6) is 0 Å². The summed E-state index contributed by atoms with van der Waals surface area (Å²) in [5.41, 5.74) is 0. The molecule has 0 spiro atoms. The van der Waals surface area contributed by atoms with Crippen LogP contribution >= 0.6 is 11.3 Å². The van der Waals surface area contributed by atoms with Crippen LogP contribution in [0, 0.1) is 6.92 Å². The summed E-state index contributed by atoms with van der Waals surface area (Å²) in [7, 11) is 0. The minimum atomic E-state index is 0.608. The molecule has 3 nitrogen and oxygen atoms in total. The molecular weight excluding hydrogens is 218 g/mol. The quantitative estimate of drug-likeness (QED) is 0.875. The lowest BCUT2D eigenvalue weighted by molar-refractivity contribution is 0.125. The lowest BCUT2D eigenvalue weighted by Crippen LogP contribution is -2.54. The summed E-state index contributed by atoms with van der Waals surface area (Å²) in [5.74, 6) is 0. The maximum atomic E-state index is 4.33. The highest BCUT2D eigenvalue weighted by Gasteiger charge is 2.24. The van der Waals surface area contributed by atoms with Gasteiger partial charge in [0.25, 0.3) is 0 Å². The largest absolute Gasteiger partial charge is 0.311 e. The van der Waals surface area contributed by atoms with Crippen molar-refractivity contribution in [3.63, 3.8) is 0 Å². The maximum absolute atomic E-state index is 4.33. The predicted octanol–water partition coefficient (Wildman–Crippen LogP) is 2.02. The molecule has 4 heteroatoms.